The molecule has 7 heteroatoms. The number of hydrogen-bond donors (Lipinski definition) is 2. The number of anilines is 1. The minimum Gasteiger partial charge on any atom is -0.494 e. The topological polar surface area (TPSA) is 76.4 Å². The van der Waals surface area contributed by atoms with Crippen LogP contribution in [0.25, 0.3) is 28.6 Å². The summed E-state index contributed by atoms with van der Waals surface area (Å²) < 4.78 is 11.3. The van der Waals surface area contributed by atoms with Gasteiger partial charge in [-0.1, -0.05) is 30.3 Å². The molecule has 4 rings (SSSR count). The van der Waals surface area contributed by atoms with Gasteiger partial charge in [0, 0.05) is 17.3 Å². The number of benzene rings is 3. The molecule has 4 aromatic rings. The number of thiocarbonyl (C=S) groups is 1. The van der Waals surface area contributed by atoms with Gasteiger partial charge < -0.3 is 14.5 Å². The maximum absolute atomic E-state index is 12.1. The largest absolute Gasteiger partial charge is 0.494 e. The molecule has 160 valence electrons. The second-order valence-electron chi connectivity index (χ2n) is 6.85. The molecule has 1 aromatic heterocycles. The van der Waals surface area contributed by atoms with E-state index >= 15 is 0 Å². The molecule has 32 heavy (non-hydrogen) atoms. The number of fused-ring (bicyclic) bond motifs is 1. The lowest BCUT2D eigenvalue weighted by Crippen LogP contribution is -2.32. The lowest BCUT2D eigenvalue weighted by atomic mass is 10.2. The molecule has 6 nitrogen and oxygen atoms in total. The standard InChI is InChI=1S/C25H21N3O3S/c1-2-30-20-12-9-18(10-13-20)24-27-21-16-19(11-14-22(21)31-24)26-25(32)28-23(29)15-8-17-6-4-3-5-7-17/h3-16H,2H2,1H3,(H2,26,28,29,32)/b15-8+. The van der Waals surface area contributed by atoms with Crippen LogP contribution in [0.1, 0.15) is 12.5 Å². The summed E-state index contributed by atoms with van der Waals surface area (Å²) in [6, 6.07) is 22.6. The molecule has 0 radical (unpaired) electrons. The number of oxazole rings is 1. The molecule has 0 aliphatic rings. The Labute approximate surface area is 190 Å². The van der Waals surface area contributed by atoms with E-state index in [1.165, 1.54) is 6.08 Å². The van der Waals surface area contributed by atoms with Gasteiger partial charge in [-0.15, -0.1) is 0 Å². The van der Waals surface area contributed by atoms with Gasteiger partial charge in [-0.3, -0.25) is 10.1 Å². The van der Waals surface area contributed by atoms with Crippen molar-refractivity contribution in [2.75, 3.05) is 11.9 Å². The number of carbonyl (C=O) groups excluding carboxylic acids is 1. The first-order valence-corrected chi connectivity index (χ1v) is 10.5. The van der Waals surface area contributed by atoms with Crippen molar-refractivity contribution in [3.05, 3.63) is 84.4 Å². The Hall–Kier alpha value is -3.97. The van der Waals surface area contributed by atoms with Gasteiger partial charge in [-0.25, -0.2) is 4.98 Å². The second kappa shape index (κ2) is 9.89. The molecule has 1 amide bonds. The zero-order valence-electron chi connectivity index (χ0n) is 17.4. The quantitative estimate of drug-likeness (QED) is 0.306. The summed E-state index contributed by atoms with van der Waals surface area (Å²) in [6.07, 6.45) is 3.16. The molecule has 0 bridgehead atoms. The van der Waals surface area contributed by atoms with Crippen LogP contribution < -0.4 is 15.4 Å². The Kier molecular flexibility index (Phi) is 6.57. The van der Waals surface area contributed by atoms with Gasteiger partial charge in [-0.2, -0.15) is 0 Å². The van der Waals surface area contributed by atoms with Crippen LogP contribution in [0.3, 0.4) is 0 Å². The van der Waals surface area contributed by atoms with Gasteiger partial charge in [0.25, 0.3) is 0 Å². The van der Waals surface area contributed by atoms with E-state index in [0.29, 0.717) is 29.3 Å². The van der Waals surface area contributed by atoms with Crippen molar-refractivity contribution >= 4 is 46.1 Å². The summed E-state index contributed by atoms with van der Waals surface area (Å²) in [6.45, 7) is 2.56. The minimum absolute atomic E-state index is 0.197. The van der Waals surface area contributed by atoms with Gasteiger partial charge in [0.05, 0.1) is 6.61 Å². The molecule has 0 spiro atoms. The number of aromatic nitrogens is 1. The number of carbonyl (C=O) groups is 1. The first-order chi connectivity index (χ1) is 15.6. The van der Waals surface area contributed by atoms with Gasteiger partial charge in [0.2, 0.25) is 11.8 Å². The Morgan fingerprint density at radius 1 is 1.09 bits per heavy atom. The molecule has 1 heterocycles. The minimum atomic E-state index is -0.313. The average Bonchev–Trinajstić information content (AvgIpc) is 3.22. The fraction of sp³-hybridized carbons (Fsp3) is 0.0800. The molecule has 0 saturated carbocycles. The SMILES string of the molecule is CCOc1ccc(-c2nc3cc(NC(=S)NC(=O)/C=C/c4ccccc4)ccc3o2)cc1. The van der Waals surface area contributed by atoms with Crippen molar-refractivity contribution < 1.29 is 13.9 Å². The summed E-state index contributed by atoms with van der Waals surface area (Å²) in [4.78, 5) is 16.7. The van der Waals surface area contributed by atoms with Gasteiger partial charge in [-0.05, 0) is 73.2 Å². The lowest BCUT2D eigenvalue weighted by Gasteiger charge is -2.07. The summed E-state index contributed by atoms with van der Waals surface area (Å²) >= 11 is 5.25. The zero-order chi connectivity index (χ0) is 22.3. The van der Waals surface area contributed by atoms with Crippen LogP contribution in [-0.2, 0) is 4.79 Å². The predicted octanol–water partition coefficient (Wildman–Crippen LogP) is 5.42. The van der Waals surface area contributed by atoms with Crippen LogP contribution in [0.4, 0.5) is 5.69 Å². The molecular weight excluding hydrogens is 422 g/mol. The Balaban J connectivity index is 1.40. The first-order valence-electron chi connectivity index (χ1n) is 10.1. The average molecular weight is 444 g/mol. The van der Waals surface area contributed by atoms with Crippen molar-refractivity contribution in [3.63, 3.8) is 0 Å². The second-order valence-corrected chi connectivity index (χ2v) is 7.25. The van der Waals surface area contributed by atoms with E-state index in [1.54, 1.807) is 6.08 Å². The summed E-state index contributed by atoms with van der Waals surface area (Å²) in [5.74, 6) is 1.00. The Bertz CT molecular complexity index is 1260. The van der Waals surface area contributed by atoms with Crippen LogP contribution >= 0.6 is 12.2 Å². The highest BCUT2D eigenvalue weighted by Gasteiger charge is 2.10. The molecule has 2 N–H and O–H groups in total. The molecule has 0 atom stereocenters. The first kappa shape index (κ1) is 21.3. The zero-order valence-corrected chi connectivity index (χ0v) is 18.2. The Morgan fingerprint density at radius 2 is 1.88 bits per heavy atom. The van der Waals surface area contributed by atoms with Crippen LogP contribution in [0.2, 0.25) is 0 Å². The third-order valence-electron chi connectivity index (χ3n) is 4.52. The number of nitrogens with one attached hydrogen (secondary N) is 2. The highest BCUT2D eigenvalue weighted by atomic mass is 32.1. The smallest absolute Gasteiger partial charge is 0.250 e. The molecular formula is C25H21N3O3S. The molecule has 0 aliphatic heterocycles. The van der Waals surface area contributed by atoms with Crippen molar-refractivity contribution in [1.82, 2.24) is 10.3 Å². The summed E-state index contributed by atoms with van der Waals surface area (Å²) in [5.41, 5.74) is 3.81. The van der Waals surface area contributed by atoms with E-state index in [4.69, 9.17) is 21.4 Å². The van der Waals surface area contributed by atoms with Crippen LogP contribution in [-0.4, -0.2) is 22.6 Å². The Morgan fingerprint density at radius 3 is 2.62 bits per heavy atom. The molecule has 3 aromatic carbocycles. The highest BCUT2D eigenvalue weighted by molar-refractivity contribution is 7.80. The number of rotatable bonds is 6. The van der Waals surface area contributed by atoms with E-state index < -0.39 is 0 Å². The molecule has 0 aliphatic carbocycles. The van der Waals surface area contributed by atoms with Gasteiger partial charge in [0.1, 0.15) is 11.3 Å². The van der Waals surface area contributed by atoms with E-state index in [9.17, 15) is 4.79 Å². The third-order valence-corrected chi connectivity index (χ3v) is 4.73. The molecule has 0 saturated heterocycles. The molecule has 0 fully saturated rings. The number of amides is 1. The van der Waals surface area contributed by atoms with Crippen molar-refractivity contribution in [2.24, 2.45) is 0 Å². The van der Waals surface area contributed by atoms with Gasteiger partial charge in [0.15, 0.2) is 10.7 Å². The number of nitrogens with zero attached hydrogens (tertiary/aromatic N) is 1. The van der Waals surface area contributed by atoms with E-state index in [-0.39, 0.29) is 11.0 Å². The normalized spacial score (nSPS) is 10.9. The van der Waals surface area contributed by atoms with E-state index in [2.05, 4.69) is 15.6 Å². The number of hydrogen-bond acceptors (Lipinski definition) is 5. The third kappa shape index (κ3) is 5.39. The fourth-order valence-electron chi connectivity index (χ4n) is 3.04. The van der Waals surface area contributed by atoms with Crippen molar-refractivity contribution in [3.8, 4) is 17.2 Å². The number of ether oxygens (including phenoxy) is 1. The summed E-state index contributed by atoms with van der Waals surface area (Å²) in [7, 11) is 0. The van der Waals surface area contributed by atoms with E-state index in [0.717, 1.165) is 16.9 Å². The van der Waals surface area contributed by atoms with Crippen molar-refractivity contribution in [2.45, 2.75) is 6.92 Å². The maximum atomic E-state index is 12.1. The monoisotopic (exact) mass is 443 g/mol. The maximum Gasteiger partial charge on any atom is 0.250 e. The fourth-order valence-corrected chi connectivity index (χ4v) is 3.26. The van der Waals surface area contributed by atoms with Crippen LogP contribution in [0.15, 0.2) is 83.3 Å². The van der Waals surface area contributed by atoms with E-state index in [1.807, 2.05) is 79.7 Å². The summed E-state index contributed by atoms with van der Waals surface area (Å²) in [5, 5.41) is 5.83. The predicted molar refractivity (Wildman–Crippen MR) is 130 cm³/mol. The van der Waals surface area contributed by atoms with Crippen molar-refractivity contribution in [1.29, 1.82) is 0 Å². The highest BCUT2D eigenvalue weighted by Crippen LogP contribution is 2.27. The lowest BCUT2D eigenvalue weighted by molar-refractivity contribution is -0.115. The van der Waals surface area contributed by atoms with Gasteiger partial charge >= 0.3 is 0 Å². The van der Waals surface area contributed by atoms with Crippen LogP contribution in [0, 0.1) is 0 Å². The van der Waals surface area contributed by atoms with Crippen LogP contribution in [0.5, 0.6) is 5.75 Å². The molecule has 0 unspecified atom stereocenters.